The van der Waals surface area contributed by atoms with Crippen molar-refractivity contribution >= 4 is 19.0 Å². The summed E-state index contributed by atoms with van der Waals surface area (Å²) in [7, 11) is -1.34. The van der Waals surface area contributed by atoms with Gasteiger partial charge in [-0.15, -0.1) is 0 Å². The van der Waals surface area contributed by atoms with Gasteiger partial charge in [-0.25, -0.2) is 4.79 Å². The minimum atomic E-state index is -1.34. The van der Waals surface area contributed by atoms with Crippen LogP contribution < -0.4 is 21.4 Å². The highest BCUT2D eigenvalue weighted by Crippen LogP contribution is 2.30. The predicted molar refractivity (Wildman–Crippen MR) is 104 cm³/mol. The molecule has 1 atom stereocenters. The molecule has 2 aromatic rings. The zero-order valence-electron chi connectivity index (χ0n) is 15.2. The number of para-hydroxylation sites is 1. The third-order valence-electron chi connectivity index (χ3n) is 4.77. The van der Waals surface area contributed by atoms with E-state index in [0.717, 1.165) is 16.7 Å². The second-order valence-electron chi connectivity index (χ2n) is 6.67. The Morgan fingerprint density at radius 3 is 2.64 bits per heavy atom. The number of carboxylic acids is 1. The van der Waals surface area contributed by atoms with Crippen molar-refractivity contribution in [2.24, 2.45) is 11.5 Å². The number of carbonyl (C=O) groups excluding carboxylic acids is 1. The maximum Gasteiger partial charge on any atom is 0.547 e. The summed E-state index contributed by atoms with van der Waals surface area (Å²) in [6.45, 7) is 0.680. The van der Waals surface area contributed by atoms with Crippen LogP contribution in [0.4, 0.5) is 0 Å². The van der Waals surface area contributed by atoms with E-state index in [1.54, 1.807) is 12.1 Å². The molecule has 0 saturated carbocycles. The van der Waals surface area contributed by atoms with Crippen LogP contribution in [0.3, 0.4) is 0 Å². The second kappa shape index (κ2) is 8.43. The monoisotopic (exact) mass is 383 g/mol. The van der Waals surface area contributed by atoms with E-state index in [-0.39, 0.29) is 36.6 Å². The van der Waals surface area contributed by atoms with Gasteiger partial charge >= 0.3 is 13.1 Å². The lowest BCUT2D eigenvalue weighted by molar-refractivity contribution is -0.120. The zero-order chi connectivity index (χ0) is 20.3. The summed E-state index contributed by atoms with van der Waals surface area (Å²) in [5.74, 6) is -1.98. The Morgan fingerprint density at radius 2 is 1.96 bits per heavy atom. The fraction of sp³-hybridized carbons (Fsp3) is 0.263. The van der Waals surface area contributed by atoms with Crippen molar-refractivity contribution in [2.75, 3.05) is 0 Å². The first-order valence-corrected chi connectivity index (χ1v) is 8.93. The number of carboxylic acid groups (broad SMARTS) is 1. The van der Waals surface area contributed by atoms with Gasteiger partial charge in [0, 0.05) is 13.1 Å². The van der Waals surface area contributed by atoms with Gasteiger partial charge in [0.25, 0.3) is 0 Å². The molecule has 8 nitrogen and oxygen atoms in total. The maximum absolute atomic E-state index is 12.5. The summed E-state index contributed by atoms with van der Waals surface area (Å²) >= 11 is 0. The number of aromatic carboxylic acids is 1. The Labute approximate surface area is 162 Å². The molecule has 0 aliphatic carbocycles. The van der Waals surface area contributed by atoms with Gasteiger partial charge in [0.15, 0.2) is 0 Å². The number of benzene rings is 2. The van der Waals surface area contributed by atoms with E-state index in [1.807, 2.05) is 18.2 Å². The quantitative estimate of drug-likeness (QED) is 0.441. The van der Waals surface area contributed by atoms with Crippen LogP contribution in [-0.4, -0.2) is 35.1 Å². The molecule has 0 saturated heterocycles. The van der Waals surface area contributed by atoms with Crippen molar-refractivity contribution in [1.82, 2.24) is 5.32 Å². The Morgan fingerprint density at radius 1 is 1.18 bits per heavy atom. The molecule has 0 aromatic heterocycles. The third-order valence-corrected chi connectivity index (χ3v) is 4.77. The first-order chi connectivity index (χ1) is 13.4. The van der Waals surface area contributed by atoms with E-state index in [1.165, 1.54) is 6.07 Å². The van der Waals surface area contributed by atoms with Crippen LogP contribution in [0.25, 0.3) is 0 Å². The van der Waals surface area contributed by atoms with Crippen LogP contribution in [0, 0.1) is 0 Å². The first kappa shape index (κ1) is 19.9. The molecule has 2 aromatic carbocycles. The third kappa shape index (κ3) is 4.17. The molecule has 1 aliphatic rings. The van der Waals surface area contributed by atoms with Gasteiger partial charge in [0.05, 0.1) is 17.9 Å². The van der Waals surface area contributed by atoms with E-state index < -0.39 is 19.0 Å². The van der Waals surface area contributed by atoms with Crippen LogP contribution in [0.5, 0.6) is 5.75 Å². The molecule has 1 aliphatic heterocycles. The first-order valence-electron chi connectivity index (χ1n) is 8.93. The predicted octanol–water partition coefficient (Wildman–Crippen LogP) is -0.0157. The van der Waals surface area contributed by atoms with E-state index in [4.69, 9.17) is 16.1 Å². The lowest BCUT2D eigenvalue weighted by Crippen LogP contribution is -2.53. The van der Waals surface area contributed by atoms with Crippen molar-refractivity contribution in [1.29, 1.82) is 0 Å². The normalized spacial score (nSPS) is 15.5. The van der Waals surface area contributed by atoms with Crippen molar-refractivity contribution < 1.29 is 24.4 Å². The molecule has 1 heterocycles. The molecule has 1 amide bonds. The number of rotatable bonds is 6. The Bertz CT molecular complexity index is 905. The van der Waals surface area contributed by atoms with Gasteiger partial charge in [-0.3, -0.25) is 4.79 Å². The molecule has 9 heteroatoms. The molecule has 3 rings (SSSR count). The van der Waals surface area contributed by atoms with Crippen molar-refractivity contribution in [3.05, 3.63) is 64.2 Å². The fourth-order valence-corrected chi connectivity index (χ4v) is 3.32. The number of amides is 1. The van der Waals surface area contributed by atoms with Crippen LogP contribution in [-0.2, 0) is 30.7 Å². The van der Waals surface area contributed by atoms with E-state index >= 15 is 0 Å². The van der Waals surface area contributed by atoms with Crippen molar-refractivity contribution in [2.45, 2.75) is 31.9 Å². The highest BCUT2D eigenvalue weighted by atomic mass is 16.5. The smallest absolute Gasteiger partial charge is 0.534 e. The average molecular weight is 383 g/mol. The lowest BCUT2D eigenvalue weighted by Gasteiger charge is -2.29. The average Bonchev–Trinajstić information content (AvgIpc) is 2.68. The summed E-state index contributed by atoms with van der Waals surface area (Å²) in [6.07, 6.45) is 0.363. The molecule has 0 unspecified atom stereocenters. The van der Waals surface area contributed by atoms with Gasteiger partial charge in [0.2, 0.25) is 5.91 Å². The molecule has 0 radical (unpaired) electrons. The summed E-state index contributed by atoms with van der Waals surface area (Å²) < 4.78 is 5.39. The summed E-state index contributed by atoms with van der Waals surface area (Å²) in [6, 6.07) is 10.3. The highest BCUT2D eigenvalue weighted by molar-refractivity contribution is 6.47. The zero-order valence-corrected chi connectivity index (χ0v) is 15.2. The van der Waals surface area contributed by atoms with Gasteiger partial charge in [0.1, 0.15) is 5.75 Å². The largest absolute Gasteiger partial charge is 0.547 e. The Balaban J connectivity index is 1.72. The lowest BCUT2D eigenvalue weighted by atomic mass is 9.72. The number of carbonyl (C=O) groups is 2. The number of hydrogen-bond acceptors (Lipinski definition) is 6. The minimum Gasteiger partial charge on any atom is -0.534 e. The van der Waals surface area contributed by atoms with E-state index in [0.29, 0.717) is 12.1 Å². The van der Waals surface area contributed by atoms with Crippen LogP contribution in [0.15, 0.2) is 36.4 Å². The maximum atomic E-state index is 12.5. The Kier molecular flexibility index (Phi) is 5.98. The molecule has 0 bridgehead atoms. The molecule has 7 N–H and O–H groups in total. The fourth-order valence-electron chi connectivity index (χ4n) is 3.32. The molecular weight excluding hydrogens is 361 g/mol. The van der Waals surface area contributed by atoms with Crippen molar-refractivity contribution in [3.63, 3.8) is 0 Å². The molecule has 0 fully saturated rings. The number of hydrogen-bond donors (Lipinski definition) is 5. The highest BCUT2D eigenvalue weighted by Gasteiger charge is 2.37. The summed E-state index contributed by atoms with van der Waals surface area (Å²) in [5.41, 5.74) is 14.6. The topological polar surface area (TPSA) is 148 Å². The van der Waals surface area contributed by atoms with Crippen LogP contribution >= 0.6 is 0 Å². The SMILES string of the molecule is NCc1ccc(CC(=O)N[C@H]2Cc3cccc(C(=O)O)c3OB2O)c(CN)c1. The minimum absolute atomic E-state index is 0.0195. The molecule has 28 heavy (non-hydrogen) atoms. The van der Waals surface area contributed by atoms with Gasteiger partial charge in [-0.1, -0.05) is 30.3 Å². The Hall–Kier alpha value is -2.88. The number of nitrogens with one attached hydrogen (secondary N) is 1. The van der Waals surface area contributed by atoms with Gasteiger partial charge in [-0.2, -0.15) is 0 Å². The second-order valence-corrected chi connectivity index (χ2v) is 6.67. The number of fused-ring (bicyclic) bond motifs is 1. The van der Waals surface area contributed by atoms with E-state index in [9.17, 15) is 19.7 Å². The summed E-state index contributed by atoms with van der Waals surface area (Å²) in [4.78, 5) is 23.8. The summed E-state index contributed by atoms with van der Waals surface area (Å²) in [5, 5.41) is 22.2. The van der Waals surface area contributed by atoms with Crippen LogP contribution in [0.2, 0.25) is 0 Å². The van der Waals surface area contributed by atoms with Crippen molar-refractivity contribution in [3.8, 4) is 5.75 Å². The van der Waals surface area contributed by atoms with Crippen LogP contribution in [0.1, 0.15) is 32.6 Å². The molecule has 146 valence electrons. The molecular formula is C19H22BN3O5. The standard InChI is InChI=1S/C19H22BN3O5/c21-9-11-4-5-12(14(6-11)10-22)8-17(24)23-16-7-13-2-1-3-15(19(25)26)18(13)28-20(16)27/h1-6,16,27H,7-10,21-22H2,(H,23,24)(H,25,26)/t16-/m0/s1. The van der Waals surface area contributed by atoms with Gasteiger partial charge in [-0.05, 0) is 34.7 Å². The van der Waals surface area contributed by atoms with Gasteiger partial charge < -0.3 is 31.6 Å². The number of nitrogens with two attached hydrogens (primary N) is 2. The van der Waals surface area contributed by atoms with E-state index in [2.05, 4.69) is 5.32 Å². The molecule has 0 spiro atoms.